The standard InChI is InChI=1S/C37H49FN6O4/c1-27-23-28(2)32(35(45)43-21-19-42(20-22-43)34-13-12-31(38)25-39-34)24-30(27)26-40-15-17-41(18-16-40)33-11-7-6-9-29(33)10-8-14-44(47)36(46)48-37(3,4)5/h6-7,9,11-13,23-25,47H,8,10,14-22,26H2,1-5H3. The molecule has 0 bridgehead atoms. The Morgan fingerprint density at radius 2 is 1.58 bits per heavy atom. The minimum absolute atomic E-state index is 0.0531. The maximum absolute atomic E-state index is 13.7. The third kappa shape index (κ3) is 9.02. The number of halogens is 1. The summed E-state index contributed by atoms with van der Waals surface area (Å²) in [5.41, 5.74) is 5.82. The van der Waals surface area contributed by atoms with Crippen molar-refractivity contribution in [2.75, 3.05) is 68.7 Å². The zero-order valence-corrected chi connectivity index (χ0v) is 28.9. The van der Waals surface area contributed by atoms with E-state index in [4.69, 9.17) is 4.74 Å². The molecule has 2 aromatic carbocycles. The van der Waals surface area contributed by atoms with Gasteiger partial charge in [0.05, 0.1) is 12.7 Å². The molecule has 3 heterocycles. The molecule has 258 valence electrons. The van der Waals surface area contributed by atoms with E-state index in [-0.39, 0.29) is 18.3 Å². The fourth-order valence-corrected chi connectivity index (χ4v) is 6.41. The third-order valence-corrected chi connectivity index (χ3v) is 9.03. The average molecular weight is 661 g/mol. The van der Waals surface area contributed by atoms with Gasteiger partial charge in [-0.2, -0.15) is 5.06 Å². The van der Waals surface area contributed by atoms with Gasteiger partial charge in [0.1, 0.15) is 17.2 Å². The highest BCUT2D eigenvalue weighted by Crippen LogP contribution is 2.26. The van der Waals surface area contributed by atoms with Crippen molar-refractivity contribution in [3.8, 4) is 0 Å². The number of pyridine rings is 1. The van der Waals surface area contributed by atoms with Gasteiger partial charge in [0.15, 0.2) is 0 Å². The van der Waals surface area contributed by atoms with Crippen LogP contribution >= 0.6 is 0 Å². The number of carbonyl (C=O) groups excluding carboxylic acids is 2. The minimum Gasteiger partial charge on any atom is -0.442 e. The quantitative estimate of drug-likeness (QED) is 0.232. The number of nitrogens with zero attached hydrogens (tertiary/aromatic N) is 6. The molecule has 0 saturated carbocycles. The molecule has 2 aliphatic heterocycles. The Kier molecular flexibility index (Phi) is 11.2. The third-order valence-electron chi connectivity index (χ3n) is 9.03. The van der Waals surface area contributed by atoms with Gasteiger partial charge in [0, 0.05) is 70.2 Å². The normalized spacial score (nSPS) is 15.9. The maximum Gasteiger partial charge on any atom is 0.434 e. The van der Waals surface area contributed by atoms with Crippen molar-refractivity contribution in [3.05, 3.63) is 88.4 Å². The lowest BCUT2D eigenvalue weighted by atomic mass is 9.98. The molecular formula is C37H49FN6O4. The summed E-state index contributed by atoms with van der Waals surface area (Å²) in [4.78, 5) is 38.8. The van der Waals surface area contributed by atoms with E-state index in [1.165, 1.54) is 34.6 Å². The Bertz CT molecular complexity index is 1560. The van der Waals surface area contributed by atoms with Crippen LogP contribution in [-0.4, -0.2) is 102 Å². The maximum atomic E-state index is 13.7. The molecule has 2 fully saturated rings. The van der Waals surface area contributed by atoms with E-state index in [9.17, 15) is 19.2 Å². The number of hydrogen-bond acceptors (Lipinski definition) is 8. The summed E-state index contributed by atoms with van der Waals surface area (Å²) in [5, 5.41) is 10.8. The summed E-state index contributed by atoms with van der Waals surface area (Å²) in [6.45, 7) is 16.5. The molecule has 5 rings (SSSR count). The number of piperazine rings is 2. The second-order valence-corrected chi connectivity index (χ2v) is 13.8. The molecule has 3 aromatic rings. The second-order valence-electron chi connectivity index (χ2n) is 13.8. The summed E-state index contributed by atoms with van der Waals surface area (Å²) < 4.78 is 18.6. The van der Waals surface area contributed by atoms with Gasteiger partial charge in [0.2, 0.25) is 0 Å². The predicted molar refractivity (Wildman–Crippen MR) is 185 cm³/mol. The Morgan fingerprint density at radius 1 is 0.896 bits per heavy atom. The van der Waals surface area contributed by atoms with Crippen molar-refractivity contribution in [1.29, 1.82) is 0 Å². The minimum atomic E-state index is -0.730. The Hall–Kier alpha value is -4.22. The van der Waals surface area contributed by atoms with E-state index in [0.717, 1.165) is 56.1 Å². The van der Waals surface area contributed by atoms with Crippen LogP contribution in [0.3, 0.4) is 0 Å². The second kappa shape index (κ2) is 15.3. The molecule has 0 atom stereocenters. The molecule has 48 heavy (non-hydrogen) atoms. The number of hydroxylamine groups is 2. The molecular weight excluding hydrogens is 611 g/mol. The van der Waals surface area contributed by atoms with Gasteiger partial charge >= 0.3 is 6.09 Å². The SMILES string of the molecule is Cc1cc(C)c(C(=O)N2CCN(c3ccc(F)cn3)CC2)cc1CN1CCN(c2ccccc2CCCN(O)C(=O)OC(C)(C)C)CC1. The van der Waals surface area contributed by atoms with E-state index < -0.39 is 11.7 Å². The van der Waals surface area contributed by atoms with E-state index in [1.54, 1.807) is 26.8 Å². The highest BCUT2D eigenvalue weighted by molar-refractivity contribution is 5.96. The van der Waals surface area contributed by atoms with Crippen molar-refractivity contribution in [2.24, 2.45) is 0 Å². The highest BCUT2D eigenvalue weighted by atomic mass is 19.1. The van der Waals surface area contributed by atoms with Gasteiger partial charge in [-0.3, -0.25) is 14.9 Å². The van der Waals surface area contributed by atoms with Crippen LogP contribution in [0.1, 0.15) is 59.8 Å². The van der Waals surface area contributed by atoms with Gasteiger partial charge in [-0.05, 0) is 94.0 Å². The van der Waals surface area contributed by atoms with Crippen molar-refractivity contribution < 1.29 is 23.9 Å². The number of rotatable bonds is 9. The molecule has 2 amide bonds. The van der Waals surface area contributed by atoms with Gasteiger partial charge in [-0.1, -0.05) is 24.3 Å². The molecule has 2 saturated heterocycles. The van der Waals surface area contributed by atoms with Gasteiger partial charge in [-0.25, -0.2) is 14.2 Å². The Balaban J connectivity index is 1.14. The van der Waals surface area contributed by atoms with Crippen LogP contribution in [0.4, 0.5) is 20.7 Å². The van der Waals surface area contributed by atoms with Gasteiger partial charge in [0.25, 0.3) is 5.91 Å². The number of aryl methyl sites for hydroxylation is 3. The number of benzene rings is 2. The molecule has 1 aromatic heterocycles. The van der Waals surface area contributed by atoms with Crippen LogP contribution in [0.15, 0.2) is 54.7 Å². The molecule has 11 heteroatoms. The summed E-state index contributed by atoms with van der Waals surface area (Å²) in [7, 11) is 0. The number of carbonyl (C=O) groups is 2. The van der Waals surface area contributed by atoms with E-state index in [0.29, 0.717) is 37.7 Å². The van der Waals surface area contributed by atoms with E-state index >= 15 is 0 Å². The van der Waals surface area contributed by atoms with Crippen LogP contribution < -0.4 is 9.80 Å². The molecule has 1 N–H and O–H groups in total. The first-order chi connectivity index (χ1) is 22.9. The van der Waals surface area contributed by atoms with Crippen LogP contribution in [0.5, 0.6) is 0 Å². The average Bonchev–Trinajstić information content (AvgIpc) is 3.06. The van der Waals surface area contributed by atoms with Crippen LogP contribution in [0, 0.1) is 19.7 Å². The summed E-state index contributed by atoms with van der Waals surface area (Å²) >= 11 is 0. The summed E-state index contributed by atoms with van der Waals surface area (Å²) in [6.07, 6.45) is 1.84. The Morgan fingerprint density at radius 3 is 2.25 bits per heavy atom. The monoisotopic (exact) mass is 660 g/mol. The van der Waals surface area contributed by atoms with E-state index in [1.807, 2.05) is 17.9 Å². The highest BCUT2D eigenvalue weighted by Gasteiger charge is 2.26. The summed E-state index contributed by atoms with van der Waals surface area (Å²) in [6, 6.07) is 15.7. The Labute approximate surface area is 283 Å². The number of amides is 2. The van der Waals surface area contributed by atoms with Crippen LogP contribution in [0.25, 0.3) is 0 Å². The van der Waals surface area contributed by atoms with Crippen molar-refractivity contribution in [2.45, 2.75) is 59.6 Å². The molecule has 0 spiro atoms. The number of ether oxygens (including phenoxy) is 1. The zero-order chi connectivity index (χ0) is 34.4. The smallest absolute Gasteiger partial charge is 0.434 e. The summed E-state index contributed by atoms with van der Waals surface area (Å²) in [5.74, 6) is 0.429. The number of hydrogen-bond donors (Lipinski definition) is 1. The first-order valence-corrected chi connectivity index (χ1v) is 16.9. The first kappa shape index (κ1) is 35.1. The fourth-order valence-electron chi connectivity index (χ4n) is 6.41. The predicted octanol–water partition coefficient (Wildman–Crippen LogP) is 5.68. The van der Waals surface area contributed by atoms with Crippen molar-refractivity contribution >= 4 is 23.5 Å². The van der Waals surface area contributed by atoms with E-state index in [2.05, 4.69) is 56.9 Å². The molecule has 0 unspecified atom stereocenters. The lowest BCUT2D eigenvalue weighted by Crippen LogP contribution is -2.49. The number of para-hydroxylation sites is 1. The molecule has 10 nitrogen and oxygen atoms in total. The van der Waals surface area contributed by atoms with Crippen molar-refractivity contribution in [1.82, 2.24) is 19.8 Å². The largest absolute Gasteiger partial charge is 0.442 e. The van der Waals surface area contributed by atoms with Crippen LogP contribution in [0.2, 0.25) is 0 Å². The van der Waals surface area contributed by atoms with Crippen molar-refractivity contribution in [3.63, 3.8) is 0 Å². The zero-order valence-electron chi connectivity index (χ0n) is 28.9. The lowest BCUT2D eigenvalue weighted by molar-refractivity contribution is -0.0941. The number of aromatic nitrogens is 1. The van der Waals surface area contributed by atoms with Gasteiger partial charge < -0.3 is 19.4 Å². The lowest BCUT2D eigenvalue weighted by Gasteiger charge is -2.37. The molecule has 0 radical (unpaired) electrons. The first-order valence-electron chi connectivity index (χ1n) is 16.9. The van der Waals surface area contributed by atoms with Crippen LogP contribution in [-0.2, 0) is 17.7 Å². The van der Waals surface area contributed by atoms with Gasteiger partial charge in [-0.15, -0.1) is 0 Å². The fraction of sp³-hybridized carbons (Fsp3) is 0.486. The number of anilines is 2. The molecule has 2 aliphatic rings. The topological polar surface area (TPSA) is 92.7 Å². The molecule has 0 aliphatic carbocycles.